The van der Waals surface area contributed by atoms with Crippen LogP contribution in [0.15, 0.2) is 30.3 Å². The summed E-state index contributed by atoms with van der Waals surface area (Å²) in [5.74, 6) is -0.252. The average Bonchev–Trinajstić information content (AvgIpc) is 3.31. The molecular formula is C18H19N3O2S. The van der Waals surface area contributed by atoms with Crippen molar-refractivity contribution in [2.75, 3.05) is 5.32 Å². The topological polar surface area (TPSA) is 71.1 Å². The van der Waals surface area contributed by atoms with E-state index < -0.39 is 0 Å². The number of amides is 2. The number of benzene rings is 1. The zero-order valence-corrected chi connectivity index (χ0v) is 14.1. The Balaban J connectivity index is 1.51. The minimum absolute atomic E-state index is 0.0877. The summed E-state index contributed by atoms with van der Waals surface area (Å²) < 4.78 is 0. The third-order valence-corrected chi connectivity index (χ3v) is 5.50. The number of aromatic nitrogens is 1. The third kappa shape index (κ3) is 3.19. The molecular weight excluding hydrogens is 322 g/mol. The normalized spacial score (nSPS) is 19.4. The molecule has 2 amide bonds. The molecule has 0 saturated heterocycles. The SMILES string of the molecule is O=C(Nc1nc2c(s1)CCC[C@@H]2C(=O)NC1CC1)c1ccccc1. The molecule has 1 saturated carbocycles. The van der Waals surface area contributed by atoms with Crippen molar-refractivity contribution in [2.24, 2.45) is 0 Å². The molecule has 0 bridgehead atoms. The van der Waals surface area contributed by atoms with E-state index in [0.29, 0.717) is 16.7 Å². The molecule has 1 aromatic carbocycles. The van der Waals surface area contributed by atoms with Crippen LogP contribution in [0.4, 0.5) is 5.13 Å². The first-order valence-electron chi connectivity index (χ1n) is 8.37. The lowest BCUT2D eigenvalue weighted by Gasteiger charge is -2.20. The van der Waals surface area contributed by atoms with E-state index in [-0.39, 0.29) is 17.7 Å². The van der Waals surface area contributed by atoms with E-state index in [4.69, 9.17) is 0 Å². The Morgan fingerprint density at radius 3 is 2.67 bits per heavy atom. The largest absolute Gasteiger partial charge is 0.353 e. The van der Waals surface area contributed by atoms with Crippen LogP contribution in [0.1, 0.15) is 52.5 Å². The summed E-state index contributed by atoms with van der Waals surface area (Å²) in [6, 6.07) is 9.45. The Morgan fingerprint density at radius 2 is 1.92 bits per heavy atom. The summed E-state index contributed by atoms with van der Waals surface area (Å²) >= 11 is 1.49. The first-order chi connectivity index (χ1) is 11.7. The Hall–Kier alpha value is -2.21. The molecule has 1 heterocycles. The van der Waals surface area contributed by atoms with Crippen LogP contribution < -0.4 is 10.6 Å². The lowest BCUT2D eigenvalue weighted by Crippen LogP contribution is -2.32. The second-order valence-corrected chi connectivity index (χ2v) is 7.46. The van der Waals surface area contributed by atoms with Gasteiger partial charge in [-0.3, -0.25) is 14.9 Å². The van der Waals surface area contributed by atoms with Gasteiger partial charge in [-0.15, -0.1) is 11.3 Å². The van der Waals surface area contributed by atoms with Crippen LogP contribution in [-0.4, -0.2) is 22.8 Å². The van der Waals surface area contributed by atoms with Crippen LogP contribution in [0.2, 0.25) is 0 Å². The molecule has 24 heavy (non-hydrogen) atoms. The van der Waals surface area contributed by atoms with Gasteiger partial charge in [-0.1, -0.05) is 18.2 Å². The van der Waals surface area contributed by atoms with Gasteiger partial charge >= 0.3 is 0 Å². The van der Waals surface area contributed by atoms with Crippen LogP contribution in [0.25, 0.3) is 0 Å². The fourth-order valence-electron chi connectivity index (χ4n) is 3.02. The summed E-state index contributed by atoms with van der Waals surface area (Å²) in [7, 11) is 0. The fourth-order valence-corrected chi connectivity index (χ4v) is 4.08. The maximum absolute atomic E-state index is 12.4. The highest BCUT2D eigenvalue weighted by molar-refractivity contribution is 7.15. The summed E-state index contributed by atoms with van der Waals surface area (Å²) in [4.78, 5) is 30.4. The highest BCUT2D eigenvalue weighted by Gasteiger charge is 2.33. The maximum atomic E-state index is 12.4. The smallest absolute Gasteiger partial charge is 0.257 e. The molecule has 0 radical (unpaired) electrons. The molecule has 0 unspecified atom stereocenters. The lowest BCUT2D eigenvalue weighted by atomic mass is 9.90. The van der Waals surface area contributed by atoms with Gasteiger partial charge in [0.05, 0.1) is 11.6 Å². The van der Waals surface area contributed by atoms with Crippen LogP contribution in [0, 0.1) is 0 Å². The summed E-state index contributed by atoms with van der Waals surface area (Å²) in [5.41, 5.74) is 1.46. The Bertz CT molecular complexity index is 768. The third-order valence-electron chi connectivity index (χ3n) is 4.45. The van der Waals surface area contributed by atoms with Crippen LogP contribution in [0.5, 0.6) is 0 Å². The van der Waals surface area contributed by atoms with Gasteiger partial charge in [0, 0.05) is 16.5 Å². The molecule has 1 atom stereocenters. The van der Waals surface area contributed by atoms with Gasteiger partial charge < -0.3 is 5.32 Å². The average molecular weight is 341 g/mol. The van der Waals surface area contributed by atoms with Crippen molar-refractivity contribution < 1.29 is 9.59 Å². The Kier molecular flexibility index (Phi) is 4.06. The van der Waals surface area contributed by atoms with Gasteiger partial charge in [0.2, 0.25) is 5.91 Å². The van der Waals surface area contributed by atoms with Crippen molar-refractivity contribution in [2.45, 2.75) is 44.1 Å². The Morgan fingerprint density at radius 1 is 1.12 bits per heavy atom. The first kappa shape index (κ1) is 15.3. The lowest BCUT2D eigenvalue weighted by molar-refractivity contribution is -0.123. The van der Waals surface area contributed by atoms with Crippen LogP contribution in [0.3, 0.4) is 0 Å². The maximum Gasteiger partial charge on any atom is 0.257 e. The minimum Gasteiger partial charge on any atom is -0.353 e. The van der Waals surface area contributed by atoms with E-state index in [0.717, 1.165) is 42.7 Å². The number of hydrogen-bond acceptors (Lipinski definition) is 4. The number of fused-ring (bicyclic) bond motifs is 1. The molecule has 2 aromatic rings. The van der Waals surface area contributed by atoms with Crippen molar-refractivity contribution in [3.8, 4) is 0 Å². The molecule has 4 rings (SSSR count). The van der Waals surface area contributed by atoms with Crippen molar-refractivity contribution in [1.82, 2.24) is 10.3 Å². The van der Waals surface area contributed by atoms with E-state index in [1.807, 2.05) is 18.2 Å². The van der Waals surface area contributed by atoms with Crippen molar-refractivity contribution in [1.29, 1.82) is 0 Å². The summed E-state index contributed by atoms with van der Waals surface area (Å²) in [6.07, 6.45) is 4.92. The highest BCUT2D eigenvalue weighted by atomic mass is 32.1. The van der Waals surface area contributed by atoms with Crippen molar-refractivity contribution in [3.05, 3.63) is 46.5 Å². The number of carbonyl (C=O) groups excluding carboxylic acids is 2. The predicted octanol–water partition coefficient (Wildman–Crippen LogP) is 3.09. The van der Waals surface area contributed by atoms with Crippen molar-refractivity contribution in [3.63, 3.8) is 0 Å². The zero-order valence-electron chi connectivity index (χ0n) is 13.2. The fraction of sp³-hybridized carbons (Fsp3) is 0.389. The van der Waals surface area contributed by atoms with E-state index in [9.17, 15) is 9.59 Å². The number of anilines is 1. The van der Waals surface area contributed by atoms with Crippen LogP contribution >= 0.6 is 11.3 Å². The standard InChI is InChI=1S/C18H19N3O2S/c22-16(11-5-2-1-3-6-11)21-18-20-15-13(7-4-8-14(15)24-18)17(23)19-12-9-10-12/h1-3,5-6,12-13H,4,7-10H2,(H,19,23)(H,20,21,22)/t13-/m0/s1. The summed E-state index contributed by atoms with van der Waals surface area (Å²) in [5, 5.41) is 6.53. The monoisotopic (exact) mass is 341 g/mol. The number of nitrogens with zero attached hydrogens (tertiary/aromatic N) is 1. The second kappa shape index (κ2) is 6.36. The molecule has 2 N–H and O–H groups in total. The van der Waals surface area contributed by atoms with E-state index in [2.05, 4.69) is 15.6 Å². The molecule has 124 valence electrons. The number of rotatable bonds is 4. The molecule has 2 aliphatic rings. The highest BCUT2D eigenvalue weighted by Crippen LogP contribution is 2.37. The Labute approximate surface area is 144 Å². The molecule has 0 aliphatic heterocycles. The number of hydrogen-bond donors (Lipinski definition) is 2. The predicted molar refractivity (Wildman–Crippen MR) is 93.4 cm³/mol. The number of thiazole rings is 1. The number of aryl methyl sites for hydroxylation is 1. The first-order valence-corrected chi connectivity index (χ1v) is 9.19. The van der Waals surface area contributed by atoms with Gasteiger partial charge in [-0.25, -0.2) is 4.98 Å². The molecule has 6 heteroatoms. The number of carbonyl (C=O) groups is 2. The van der Waals surface area contributed by atoms with Gasteiger partial charge in [-0.05, 0) is 44.2 Å². The van der Waals surface area contributed by atoms with E-state index in [1.54, 1.807) is 12.1 Å². The second-order valence-electron chi connectivity index (χ2n) is 6.38. The van der Waals surface area contributed by atoms with Crippen LogP contribution in [-0.2, 0) is 11.2 Å². The molecule has 1 fully saturated rings. The quantitative estimate of drug-likeness (QED) is 0.898. The summed E-state index contributed by atoms with van der Waals surface area (Å²) in [6.45, 7) is 0. The molecule has 2 aliphatic carbocycles. The van der Waals surface area contributed by atoms with Gasteiger partial charge in [0.1, 0.15) is 0 Å². The van der Waals surface area contributed by atoms with Gasteiger partial charge in [0.25, 0.3) is 5.91 Å². The molecule has 5 nitrogen and oxygen atoms in total. The van der Waals surface area contributed by atoms with Crippen molar-refractivity contribution >= 4 is 28.3 Å². The molecule has 1 aromatic heterocycles. The zero-order chi connectivity index (χ0) is 16.5. The number of nitrogens with one attached hydrogen (secondary N) is 2. The van der Waals surface area contributed by atoms with E-state index in [1.165, 1.54) is 11.3 Å². The molecule has 0 spiro atoms. The van der Waals surface area contributed by atoms with Gasteiger partial charge in [0.15, 0.2) is 5.13 Å². The minimum atomic E-state index is -0.173. The van der Waals surface area contributed by atoms with E-state index >= 15 is 0 Å². The van der Waals surface area contributed by atoms with Gasteiger partial charge in [-0.2, -0.15) is 0 Å².